The standard InChI is InChI=1S/C31H36O11/c1-36-23-10-16(8-9-21(23)33)28-19-14-41-29(20(19)15-40-28)17-11-24(37-2)31(25(12-17)38-3)42-26(13-32)27(35)18-6-5-7-22(34)30(18)39-4/h5-12,19-20,26-29,32-35H,13-15H2,1-4H3/t19-,20-,26+,27+,28-,29+/m1/s1. The highest BCUT2D eigenvalue weighted by atomic mass is 16.6. The number of rotatable bonds is 11. The monoisotopic (exact) mass is 584 g/mol. The van der Waals surface area contributed by atoms with Gasteiger partial charge in [-0.1, -0.05) is 18.2 Å². The van der Waals surface area contributed by atoms with Gasteiger partial charge in [-0.2, -0.15) is 0 Å². The lowest BCUT2D eigenvalue weighted by molar-refractivity contribution is -0.00302. The smallest absolute Gasteiger partial charge is 0.204 e. The molecule has 2 aliphatic heterocycles. The summed E-state index contributed by atoms with van der Waals surface area (Å²) in [5, 5.41) is 41.4. The van der Waals surface area contributed by atoms with E-state index in [1.54, 1.807) is 36.4 Å². The Labute approximate surface area is 243 Å². The Balaban J connectivity index is 1.40. The van der Waals surface area contributed by atoms with Crippen LogP contribution in [0.15, 0.2) is 48.5 Å². The maximum Gasteiger partial charge on any atom is 0.204 e. The van der Waals surface area contributed by atoms with Gasteiger partial charge in [-0.15, -0.1) is 0 Å². The molecule has 2 saturated heterocycles. The van der Waals surface area contributed by atoms with E-state index in [0.717, 1.165) is 11.1 Å². The van der Waals surface area contributed by atoms with Crippen molar-refractivity contribution < 1.29 is 53.6 Å². The third-order valence-corrected chi connectivity index (χ3v) is 7.96. The summed E-state index contributed by atoms with van der Waals surface area (Å²) in [6.45, 7) is 0.386. The molecule has 4 N–H and O–H groups in total. The summed E-state index contributed by atoms with van der Waals surface area (Å²) in [6.07, 6.45) is -3.03. The Morgan fingerprint density at radius 3 is 1.90 bits per heavy atom. The highest BCUT2D eigenvalue weighted by Gasteiger charge is 2.48. The molecule has 0 spiro atoms. The van der Waals surface area contributed by atoms with Crippen LogP contribution in [0, 0.1) is 11.8 Å². The summed E-state index contributed by atoms with van der Waals surface area (Å²) in [4.78, 5) is 0. The molecule has 0 aliphatic carbocycles. The summed E-state index contributed by atoms with van der Waals surface area (Å²) in [5.74, 6) is 1.33. The van der Waals surface area contributed by atoms with Crippen molar-refractivity contribution >= 4 is 0 Å². The van der Waals surface area contributed by atoms with Crippen LogP contribution in [0.2, 0.25) is 0 Å². The summed E-state index contributed by atoms with van der Waals surface area (Å²) >= 11 is 0. The average molecular weight is 585 g/mol. The van der Waals surface area contributed by atoms with Gasteiger partial charge in [0.05, 0.1) is 60.5 Å². The zero-order valence-electron chi connectivity index (χ0n) is 23.9. The Morgan fingerprint density at radius 1 is 0.738 bits per heavy atom. The Hall–Kier alpha value is -3.90. The van der Waals surface area contributed by atoms with Crippen LogP contribution in [0.25, 0.3) is 0 Å². The average Bonchev–Trinajstić information content (AvgIpc) is 3.62. The zero-order valence-corrected chi connectivity index (χ0v) is 23.9. The molecular weight excluding hydrogens is 548 g/mol. The lowest BCUT2D eigenvalue weighted by Crippen LogP contribution is -2.30. The van der Waals surface area contributed by atoms with E-state index in [0.29, 0.717) is 30.5 Å². The van der Waals surface area contributed by atoms with Crippen molar-refractivity contribution in [3.63, 3.8) is 0 Å². The van der Waals surface area contributed by atoms with Crippen LogP contribution >= 0.6 is 0 Å². The first-order valence-corrected chi connectivity index (χ1v) is 13.5. The molecule has 3 aromatic rings. The fourth-order valence-electron chi connectivity index (χ4n) is 5.84. The minimum atomic E-state index is -1.35. The van der Waals surface area contributed by atoms with Crippen molar-refractivity contribution in [2.45, 2.75) is 24.4 Å². The number of phenols is 2. The van der Waals surface area contributed by atoms with E-state index in [-0.39, 0.29) is 52.6 Å². The van der Waals surface area contributed by atoms with E-state index in [1.165, 1.54) is 34.5 Å². The van der Waals surface area contributed by atoms with Gasteiger partial charge in [0, 0.05) is 17.4 Å². The summed E-state index contributed by atoms with van der Waals surface area (Å²) in [5.41, 5.74) is 1.95. The molecule has 11 nitrogen and oxygen atoms in total. The van der Waals surface area contributed by atoms with Gasteiger partial charge in [0.25, 0.3) is 0 Å². The van der Waals surface area contributed by atoms with Crippen molar-refractivity contribution in [2.75, 3.05) is 48.3 Å². The highest BCUT2D eigenvalue weighted by molar-refractivity contribution is 5.55. The number of fused-ring (bicyclic) bond motifs is 1. The number of phenolic OH excluding ortho intramolecular Hbond substituents is 2. The Kier molecular flexibility index (Phi) is 8.83. The number of methoxy groups -OCH3 is 4. The molecule has 2 fully saturated rings. The number of para-hydroxylation sites is 1. The first-order chi connectivity index (χ1) is 20.3. The van der Waals surface area contributed by atoms with Crippen molar-refractivity contribution in [1.82, 2.24) is 0 Å². The van der Waals surface area contributed by atoms with Gasteiger partial charge in [0.1, 0.15) is 6.10 Å². The minimum absolute atomic E-state index is 0.0428. The normalized spacial score (nSPS) is 22.7. The van der Waals surface area contributed by atoms with Gasteiger partial charge in [-0.05, 0) is 41.5 Å². The van der Waals surface area contributed by atoms with Gasteiger partial charge >= 0.3 is 0 Å². The fourth-order valence-corrected chi connectivity index (χ4v) is 5.84. The number of aliphatic hydroxyl groups excluding tert-OH is 2. The number of hydrogen-bond donors (Lipinski definition) is 4. The summed E-state index contributed by atoms with van der Waals surface area (Å²) in [6, 6.07) is 13.4. The van der Waals surface area contributed by atoms with Crippen LogP contribution in [-0.2, 0) is 9.47 Å². The predicted molar refractivity (Wildman–Crippen MR) is 150 cm³/mol. The molecule has 6 atom stereocenters. The number of aromatic hydroxyl groups is 2. The molecule has 0 radical (unpaired) electrons. The van der Waals surface area contributed by atoms with Crippen LogP contribution in [0.3, 0.4) is 0 Å². The van der Waals surface area contributed by atoms with Crippen molar-refractivity contribution in [3.8, 4) is 40.2 Å². The van der Waals surface area contributed by atoms with Crippen LogP contribution < -0.4 is 23.7 Å². The van der Waals surface area contributed by atoms with Crippen LogP contribution in [-0.4, -0.2) is 74.8 Å². The molecule has 0 saturated carbocycles. The molecule has 0 aromatic heterocycles. The molecule has 11 heteroatoms. The second-order valence-corrected chi connectivity index (χ2v) is 10.2. The van der Waals surface area contributed by atoms with Gasteiger partial charge in [-0.25, -0.2) is 0 Å². The summed E-state index contributed by atoms with van der Waals surface area (Å²) in [7, 11) is 5.85. The molecular formula is C31H36O11. The maximum atomic E-state index is 11.1. The van der Waals surface area contributed by atoms with Crippen molar-refractivity contribution in [2.24, 2.45) is 11.8 Å². The van der Waals surface area contributed by atoms with E-state index < -0.39 is 18.8 Å². The second kappa shape index (κ2) is 12.5. The molecule has 226 valence electrons. The first-order valence-electron chi connectivity index (χ1n) is 13.5. The molecule has 0 unspecified atom stereocenters. The number of ether oxygens (including phenoxy) is 7. The van der Waals surface area contributed by atoms with E-state index in [2.05, 4.69) is 0 Å². The molecule has 2 heterocycles. The zero-order chi connectivity index (χ0) is 30.0. The molecule has 42 heavy (non-hydrogen) atoms. The SMILES string of the molecule is COc1cc([C@H]2OC[C@@H]3[C@H]2CO[C@H]3c2cc(OC)c(O[C@@H](CO)[C@@H](O)c3cccc(O)c3OC)c(OC)c2)ccc1O. The first kappa shape index (κ1) is 29.6. The number of aliphatic hydroxyl groups is 2. The topological polar surface area (TPSA) is 146 Å². The van der Waals surface area contributed by atoms with E-state index in [9.17, 15) is 20.4 Å². The lowest BCUT2D eigenvalue weighted by atomic mass is 9.84. The van der Waals surface area contributed by atoms with Crippen LogP contribution in [0.4, 0.5) is 0 Å². The van der Waals surface area contributed by atoms with E-state index >= 15 is 0 Å². The molecule has 0 bridgehead atoms. The maximum absolute atomic E-state index is 11.1. The minimum Gasteiger partial charge on any atom is -0.504 e. The lowest BCUT2D eigenvalue weighted by Gasteiger charge is -2.27. The van der Waals surface area contributed by atoms with E-state index in [1.807, 2.05) is 6.07 Å². The number of benzene rings is 3. The largest absolute Gasteiger partial charge is 0.504 e. The van der Waals surface area contributed by atoms with Crippen molar-refractivity contribution in [3.05, 3.63) is 65.2 Å². The quantitative estimate of drug-likeness (QED) is 0.262. The molecule has 5 rings (SSSR count). The highest BCUT2D eigenvalue weighted by Crippen LogP contribution is 2.53. The molecule has 3 aromatic carbocycles. The van der Waals surface area contributed by atoms with Gasteiger partial charge in [0.15, 0.2) is 40.6 Å². The Bertz CT molecular complexity index is 1370. The third-order valence-electron chi connectivity index (χ3n) is 7.96. The third kappa shape index (κ3) is 5.36. The second-order valence-electron chi connectivity index (χ2n) is 10.2. The molecule has 0 amide bonds. The summed E-state index contributed by atoms with van der Waals surface area (Å²) < 4.78 is 40.4. The van der Waals surface area contributed by atoms with Gasteiger partial charge < -0.3 is 53.6 Å². The van der Waals surface area contributed by atoms with Crippen LogP contribution in [0.5, 0.6) is 40.2 Å². The van der Waals surface area contributed by atoms with Crippen LogP contribution in [0.1, 0.15) is 35.0 Å². The predicted octanol–water partition coefficient (Wildman–Crippen LogP) is 3.68. The van der Waals surface area contributed by atoms with Gasteiger partial charge in [-0.3, -0.25) is 0 Å². The van der Waals surface area contributed by atoms with Gasteiger partial charge in [0.2, 0.25) is 5.75 Å². The van der Waals surface area contributed by atoms with E-state index in [4.69, 9.17) is 33.2 Å². The Morgan fingerprint density at radius 2 is 1.33 bits per heavy atom. The number of hydrogen-bond acceptors (Lipinski definition) is 11. The fraction of sp³-hybridized carbons (Fsp3) is 0.419. The van der Waals surface area contributed by atoms with Crippen molar-refractivity contribution in [1.29, 1.82) is 0 Å². The molecule has 2 aliphatic rings.